The molecule has 0 saturated heterocycles. The van der Waals surface area contributed by atoms with Gasteiger partial charge in [0, 0.05) is 11.1 Å². The highest BCUT2D eigenvalue weighted by molar-refractivity contribution is 6.04. The minimum absolute atomic E-state index is 0.291. The van der Waals surface area contributed by atoms with Crippen LogP contribution in [0.4, 0.5) is 5.88 Å². The lowest BCUT2D eigenvalue weighted by Gasteiger charge is -2.09. The maximum Gasteiger partial charge on any atom is 0.337 e. The number of aromatic nitrogens is 1. The number of nitrogens with zero attached hydrogens (tertiary/aromatic N) is 1. The number of methoxy groups -OCH3 is 1. The predicted molar refractivity (Wildman–Crippen MR) is 78.9 cm³/mol. The van der Waals surface area contributed by atoms with Gasteiger partial charge < -0.3 is 9.26 Å². The number of benzene rings is 1. The molecule has 0 aliphatic heterocycles. The van der Waals surface area contributed by atoms with Crippen molar-refractivity contribution in [2.75, 3.05) is 12.4 Å². The summed E-state index contributed by atoms with van der Waals surface area (Å²) in [6, 6.07) is 6.25. The number of hydrogen-bond acceptors (Lipinski definition) is 5. The molecule has 0 atom stereocenters. The molecule has 1 heterocycles. The molecule has 22 heavy (non-hydrogen) atoms. The maximum atomic E-state index is 12.2. The van der Waals surface area contributed by atoms with Gasteiger partial charge in [-0.1, -0.05) is 5.16 Å². The molecule has 1 aromatic carbocycles. The summed E-state index contributed by atoms with van der Waals surface area (Å²) in [6.45, 7) is 0. The van der Waals surface area contributed by atoms with Gasteiger partial charge in [-0.15, -0.1) is 0 Å². The third-order valence-corrected chi connectivity index (χ3v) is 3.76. The number of carbonyl (C=O) groups is 2. The molecule has 1 aromatic heterocycles. The third kappa shape index (κ3) is 2.72. The fourth-order valence-corrected chi connectivity index (χ4v) is 2.54. The minimum Gasteiger partial charge on any atom is -0.465 e. The fourth-order valence-electron chi connectivity index (χ4n) is 2.54. The summed E-state index contributed by atoms with van der Waals surface area (Å²) in [4.78, 5) is 23.6. The van der Waals surface area contributed by atoms with Crippen molar-refractivity contribution < 1.29 is 18.8 Å². The highest BCUT2D eigenvalue weighted by Gasteiger charge is 2.21. The largest absolute Gasteiger partial charge is 0.465 e. The van der Waals surface area contributed by atoms with E-state index in [9.17, 15) is 9.59 Å². The Bertz CT molecular complexity index is 703. The maximum absolute atomic E-state index is 12.2. The van der Waals surface area contributed by atoms with Crippen LogP contribution in [0.5, 0.6) is 0 Å². The Kier molecular flexibility index (Phi) is 3.91. The van der Waals surface area contributed by atoms with E-state index in [0.29, 0.717) is 17.0 Å². The van der Waals surface area contributed by atoms with Crippen molar-refractivity contribution >= 4 is 17.8 Å². The van der Waals surface area contributed by atoms with E-state index in [4.69, 9.17) is 4.52 Å². The van der Waals surface area contributed by atoms with E-state index in [1.54, 1.807) is 24.3 Å². The van der Waals surface area contributed by atoms with E-state index in [0.717, 1.165) is 36.9 Å². The standard InChI is InChI=1S/C16H16N2O4/c1-21-16(20)11-8-6-10(7-9-11)14(19)17-15-12-4-2-3-5-13(12)18-22-15/h6-9H,2-5H2,1H3,(H,17,19). The Balaban J connectivity index is 1.74. The number of aryl methyl sites for hydroxylation is 1. The second-order valence-electron chi connectivity index (χ2n) is 5.17. The highest BCUT2D eigenvalue weighted by atomic mass is 16.5. The zero-order valence-corrected chi connectivity index (χ0v) is 12.2. The number of fused-ring (bicyclic) bond motifs is 1. The summed E-state index contributed by atoms with van der Waals surface area (Å²) in [6.07, 6.45) is 3.94. The van der Waals surface area contributed by atoms with Crippen LogP contribution >= 0.6 is 0 Å². The zero-order chi connectivity index (χ0) is 15.5. The lowest BCUT2D eigenvalue weighted by Crippen LogP contribution is -2.14. The molecule has 1 aliphatic carbocycles. The first-order valence-electron chi connectivity index (χ1n) is 7.16. The van der Waals surface area contributed by atoms with E-state index in [-0.39, 0.29) is 5.91 Å². The molecule has 114 valence electrons. The summed E-state index contributed by atoms with van der Waals surface area (Å²) in [5, 5.41) is 6.75. The quantitative estimate of drug-likeness (QED) is 0.881. The van der Waals surface area contributed by atoms with Crippen molar-refractivity contribution in [2.45, 2.75) is 25.7 Å². The number of ether oxygens (including phenoxy) is 1. The van der Waals surface area contributed by atoms with Crippen molar-refractivity contribution in [3.8, 4) is 0 Å². The zero-order valence-electron chi connectivity index (χ0n) is 12.2. The third-order valence-electron chi connectivity index (χ3n) is 3.76. The Labute approximate surface area is 127 Å². The van der Waals surface area contributed by atoms with Crippen molar-refractivity contribution in [3.05, 3.63) is 46.6 Å². The van der Waals surface area contributed by atoms with Gasteiger partial charge in [0.2, 0.25) is 5.88 Å². The monoisotopic (exact) mass is 300 g/mol. The molecule has 0 bridgehead atoms. The molecule has 2 aromatic rings. The minimum atomic E-state index is -0.434. The van der Waals surface area contributed by atoms with E-state index in [2.05, 4.69) is 15.2 Å². The smallest absolute Gasteiger partial charge is 0.337 e. The second-order valence-corrected chi connectivity index (χ2v) is 5.17. The van der Waals surface area contributed by atoms with Crippen molar-refractivity contribution in [3.63, 3.8) is 0 Å². The van der Waals surface area contributed by atoms with Crippen LogP contribution < -0.4 is 5.32 Å². The van der Waals surface area contributed by atoms with Gasteiger partial charge in [0.1, 0.15) is 0 Å². The lowest BCUT2D eigenvalue weighted by molar-refractivity contribution is 0.0600. The molecule has 0 radical (unpaired) electrons. The fraction of sp³-hybridized carbons (Fsp3) is 0.312. The topological polar surface area (TPSA) is 81.4 Å². The van der Waals surface area contributed by atoms with E-state index in [1.807, 2.05) is 0 Å². The van der Waals surface area contributed by atoms with Crippen LogP contribution in [0, 0.1) is 0 Å². The number of carbonyl (C=O) groups excluding carboxylic acids is 2. The summed E-state index contributed by atoms with van der Waals surface area (Å²) in [7, 11) is 1.32. The van der Waals surface area contributed by atoms with Gasteiger partial charge in [-0.25, -0.2) is 4.79 Å². The average molecular weight is 300 g/mol. The number of rotatable bonds is 3. The van der Waals surface area contributed by atoms with E-state index >= 15 is 0 Å². The van der Waals surface area contributed by atoms with Crippen molar-refractivity contribution in [1.29, 1.82) is 0 Å². The summed E-state index contributed by atoms with van der Waals surface area (Å²) in [5.74, 6) is -0.297. The summed E-state index contributed by atoms with van der Waals surface area (Å²) in [5.41, 5.74) is 2.76. The van der Waals surface area contributed by atoms with Gasteiger partial charge in [0.15, 0.2) is 0 Å². The molecule has 0 spiro atoms. The van der Waals surface area contributed by atoms with Crippen LogP contribution in [0.15, 0.2) is 28.8 Å². The van der Waals surface area contributed by atoms with E-state index < -0.39 is 5.97 Å². The molecule has 1 N–H and O–H groups in total. The SMILES string of the molecule is COC(=O)c1ccc(C(=O)Nc2onc3c2CCCC3)cc1. The van der Waals surface area contributed by atoms with Crippen LogP contribution in [0.25, 0.3) is 0 Å². The first kappa shape index (κ1) is 14.3. The van der Waals surface area contributed by atoms with E-state index in [1.165, 1.54) is 7.11 Å². The Morgan fingerprint density at radius 2 is 1.82 bits per heavy atom. The Morgan fingerprint density at radius 1 is 1.14 bits per heavy atom. The first-order valence-corrected chi connectivity index (χ1v) is 7.16. The van der Waals surface area contributed by atoms with Crippen LogP contribution in [0.3, 0.4) is 0 Å². The molecule has 1 amide bonds. The normalized spacial score (nSPS) is 13.3. The number of hydrogen-bond donors (Lipinski definition) is 1. The molecular weight excluding hydrogens is 284 g/mol. The van der Waals surface area contributed by atoms with Gasteiger partial charge in [0.25, 0.3) is 5.91 Å². The molecule has 6 heteroatoms. The van der Waals surface area contributed by atoms with Crippen LogP contribution in [-0.2, 0) is 17.6 Å². The molecule has 0 unspecified atom stereocenters. The molecule has 6 nitrogen and oxygen atoms in total. The van der Waals surface area contributed by atoms with Gasteiger partial charge in [0.05, 0.1) is 18.4 Å². The molecule has 1 aliphatic rings. The summed E-state index contributed by atoms with van der Waals surface area (Å²) >= 11 is 0. The Morgan fingerprint density at radius 3 is 2.55 bits per heavy atom. The van der Waals surface area contributed by atoms with Gasteiger partial charge in [-0.2, -0.15) is 0 Å². The molecule has 3 rings (SSSR count). The van der Waals surface area contributed by atoms with Crippen molar-refractivity contribution in [1.82, 2.24) is 5.16 Å². The van der Waals surface area contributed by atoms with Crippen LogP contribution in [0.1, 0.15) is 44.8 Å². The lowest BCUT2D eigenvalue weighted by atomic mass is 9.97. The molecule has 0 fully saturated rings. The van der Waals surface area contributed by atoms with Crippen LogP contribution in [0.2, 0.25) is 0 Å². The van der Waals surface area contributed by atoms with Gasteiger partial charge in [-0.3, -0.25) is 10.1 Å². The van der Waals surface area contributed by atoms with Gasteiger partial charge in [-0.05, 0) is 49.9 Å². The number of nitrogens with one attached hydrogen (secondary N) is 1. The number of anilines is 1. The Hall–Kier alpha value is -2.63. The van der Waals surface area contributed by atoms with Gasteiger partial charge >= 0.3 is 5.97 Å². The molecular formula is C16H16N2O4. The first-order chi connectivity index (χ1) is 10.7. The molecule has 0 saturated carbocycles. The van der Waals surface area contributed by atoms with Crippen LogP contribution in [-0.4, -0.2) is 24.1 Å². The average Bonchev–Trinajstić information content (AvgIpc) is 2.97. The highest BCUT2D eigenvalue weighted by Crippen LogP contribution is 2.27. The predicted octanol–water partition coefficient (Wildman–Crippen LogP) is 2.59. The van der Waals surface area contributed by atoms with Crippen molar-refractivity contribution in [2.24, 2.45) is 0 Å². The summed E-state index contributed by atoms with van der Waals surface area (Å²) < 4.78 is 9.85. The number of esters is 1. The second kappa shape index (κ2) is 6.01. The number of amides is 1.